The number of piperidine rings is 1. The molecule has 0 unspecified atom stereocenters. The quantitative estimate of drug-likeness (QED) is 0.846. The summed E-state index contributed by atoms with van der Waals surface area (Å²) in [7, 11) is 0. The third-order valence-electron chi connectivity index (χ3n) is 4.34. The number of aliphatic hydroxyl groups excluding tert-OH is 1. The maximum Gasteiger partial charge on any atom is 0.176 e. The largest absolute Gasteiger partial charge is 0.493 e. The van der Waals surface area contributed by atoms with Crippen LogP contribution >= 0.6 is 0 Å². The number of carbonyl (C=O) groups excluding carboxylic acids is 1. The van der Waals surface area contributed by atoms with Crippen molar-refractivity contribution in [3.8, 4) is 5.75 Å². The van der Waals surface area contributed by atoms with E-state index in [0.29, 0.717) is 12.5 Å². The molecular weight excluding hydrogens is 254 g/mol. The van der Waals surface area contributed by atoms with Crippen molar-refractivity contribution < 1.29 is 14.6 Å². The second kappa shape index (κ2) is 5.94. The minimum absolute atomic E-state index is 0.183. The van der Waals surface area contributed by atoms with Crippen LogP contribution in [0.3, 0.4) is 0 Å². The number of likely N-dealkylation sites (tertiary alicyclic amines) is 1. The number of rotatable bonds is 4. The van der Waals surface area contributed by atoms with Crippen molar-refractivity contribution in [2.24, 2.45) is 5.92 Å². The van der Waals surface area contributed by atoms with Gasteiger partial charge in [-0.25, -0.2) is 0 Å². The maximum absolute atomic E-state index is 12.3. The van der Waals surface area contributed by atoms with Crippen LogP contribution in [-0.4, -0.2) is 48.6 Å². The number of carbonyl (C=O) groups is 1. The lowest BCUT2D eigenvalue weighted by Gasteiger charge is -2.30. The molecule has 3 rings (SSSR count). The highest BCUT2D eigenvalue weighted by Crippen LogP contribution is 2.26. The first-order valence-corrected chi connectivity index (χ1v) is 7.38. The molecule has 0 amide bonds. The monoisotopic (exact) mass is 275 g/mol. The topological polar surface area (TPSA) is 49.8 Å². The number of ether oxygens (including phenoxy) is 1. The molecular formula is C16H21NO3. The lowest BCUT2D eigenvalue weighted by Crippen LogP contribution is -2.38. The van der Waals surface area contributed by atoms with Gasteiger partial charge in [-0.3, -0.25) is 9.69 Å². The molecule has 0 spiro atoms. The number of Topliss-reactive ketones (excluding diaryl/α,β-unsaturated/α-hetero) is 1. The number of ketones is 1. The summed E-state index contributed by atoms with van der Waals surface area (Å²) in [5.41, 5.74) is 1.94. The third-order valence-corrected chi connectivity index (χ3v) is 4.34. The Hall–Kier alpha value is -1.39. The first-order valence-electron chi connectivity index (χ1n) is 7.38. The molecule has 1 aromatic carbocycles. The van der Waals surface area contributed by atoms with Crippen LogP contribution in [0.5, 0.6) is 5.75 Å². The molecule has 2 heterocycles. The Morgan fingerprint density at radius 2 is 2.15 bits per heavy atom. The normalized spacial score (nSPS) is 19.6. The van der Waals surface area contributed by atoms with E-state index in [2.05, 4.69) is 4.90 Å². The molecule has 2 aliphatic heterocycles. The first-order chi connectivity index (χ1) is 9.76. The number of benzene rings is 1. The van der Waals surface area contributed by atoms with Gasteiger partial charge in [0.15, 0.2) is 5.78 Å². The van der Waals surface area contributed by atoms with E-state index >= 15 is 0 Å². The van der Waals surface area contributed by atoms with Gasteiger partial charge in [0.25, 0.3) is 0 Å². The zero-order chi connectivity index (χ0) is 13.9. The zero-order valence-electron chi connectivity index (χ0n) is 11.7. The van der Waals surface area contributed by atoms with Gasteiger partial charge in [-0.15, -0.1) is 0 Å². The van der Waals surface area contributed by atoms with Crippen molar-refractivity contribution in [2.45, 2.75) is 19.3 Å². The Bertz CT molecular complexity index is 492. The first kappa shape index (κ1) is 13.6. The van der Waals surface area contributed by atoms with E-state index in [1.54, 1.807) is 0 Å². The molecule has 0 radical (unpaired) electrons. The molecule has 0 bridgehead atoms. The van der Waals surface area contributed by atoms with Crippen molar-refractivity contribution in [1.29, 1.82) is 0 Å². The summed E-state index contributed by atoms with van der Waals surface area (Å²) in [6.07, 6.45) is 2.88. The molecule has 108 valence electrons. The molecule has 1 fully saturated rings. The van der Waals surface area contributed by atoms with Crippen LogP contribution in [0.2, 0.25) is 0 Å². The SMILES string of the molecule is O=C(CN1CCC(CO)CC1)c1ccc2c(c1)CCO2. The standard InChI is InChI=1S/C16H21NO3/c18-11-12-3-6-17(7-4-12)10-15(19)13-1-2-16-14(9-13)5-8-20-16/h1-2,9,12,18H,3-8,10-11H2. The van der Waals surface area contributed by atoms with Gasteiger partial charge in [-0.1, -0.05) is 0 Å². The highest BCUT2D eigenvalue weighted by molar-refractivity contribution is 5.98. The predicted molar refractivity (Wildman–Crippen MR) is 76.2 cm³/mol. The van der Waals surface area contributed by atoms with E-state index in [1.807, 2.05) is 18.2 Å². The molecule has 4 nitrogen and oxygen atoms in total. The summed E-state index contributed by atoms with van der Waals surface area (Å²) in [4.78, 5) is 14.5. The van der Waals surface area contributed by atoms with Gasteiger partial charge in [-0.05, 0) is 55.6 Å². The fourth-order valence-electron chi connectivity index (χ4n) is 2.98. The van der Waals surface area contributed by atoms with Crippen LogP contribution in [0.25, 0.3) is 0 Å². The molecule has 0 aliphatic carbocycles. The van der Waals surface area contributed by atoms with Crippen molar-refractivity contribution in [3.05, 3.63) is 29.3 Å². The van der Waals surface area contributed by atoms with Gasteiger partial charge in [0.1, 0.15) is 5.75 Å². The Kier molecular flexibility index (Phi) is 4.03. The fourth-order valence-corrected chi connectivity index (χ4v) is 2.98. The summed E-state index contributed by atoms with van der Waals surface area (Å²) >= 11 is 0. The number of nitrogens with zero attached hydrogens (tertiary/aromatic N) is 1. The Morgan fingerprint density at radius 1 is 1.35 bits per heavy atom. The van der Waals surface area contributed by atoms with Crippen LogP contribution in [0.1, 0.15) is 28.8 Å². The van der Waals surface area contributed by atoms with Crippen LogP contribution in [0, 0.1) is 5.92 Å². The number of hydrogen-bond donors (Lipinski definition) is 1. The van der Waals surface area contributed by atoms with Crippen LogP contribution in [0.15, 0.2) is 18.2 Å². The van der Waals surface area contributed by atoms with Gasteiger partial charge >= 0.3 is 0 Å². The average Bonchev–Trinajstić information content (AvgIpc) is 2.95. The van der Waals surface area contributed by atoms with Gasteiger partial charge in [0, 0.05) is 18.6 Å². The summed E-state index contributed by atoms with van der Waals surface area (Å²) in [6, 6.07) is 5.76. The molecule has 1 N–H and O–H groups in total. The summed E-state index contributed by atoms with van der Waals surface area (Å²) in [6.45, 7) is 3.29. The van der Waals surface area contributed by atoms with Crippen molar-refractivity contribution in [2.75, 3.05) is 32.8 Å². The lowest BCUT2D eigenvalue weighted by atomic mass is 9.97. The Balaban J connectivity index is 1.59. The van der Waals surface area contributed by atoms with Gasteiger partial charge in [-0.2, -0.15) is 0 Å². The highest BCUT2D eigenvalue weighted by Gasteiger charge is 2.21. The van der Waals surface area contributed by atoms with Crippen molar-refractivity contribution >= 4 is 5.78 Å². The van der Waals surface area contributed by atoms with E-state index < -0.39 is 0 Å². The summed E-state index contributed by atoms with van der Waals surface area (Å²) < 4.78 is 5.46. The van der Waals surface area contributed by atoms with Crippen LogP contribution < -0.4 is 4.74 Å². The minimum atomic E-state index is 0.183. The Labute approximate surface area is 119 Å². The van der Waals surface area contributed by atoms with E-state index in [4.69, 9.17) is 9.84 Å². The smallest absolute Gasteiger partial charge is 0.176 e. The number of aliphatic hydroxyl groups is 1. The van der Waals surface area contributed by atoms with E-state index in [9.17, 15) is 4.79 Å². The molecule has 1 saturated heterocycles. The second-order valence-electron chi connectivity index (χ2n) is 5.75. The van der Waals surface area contributed by atoms with Crippen molar-refractivity contribution in [3.63, 3.8) is 0 Å². The molecule has 20 heavy (non-hydrogen) atoms. The third kappa shape index (κ3) is 2.86. The average molecular weight is 275 g/mol. The zero-order valence-corrected chi connectivity index (χ0v) is 11.7. The lowest BCUT2D eigenvalue weighted by molar-refractivity contribution is 0.0864. The highest BCUT2D eigenvalue weighted by atomic mass is 16.5. The molecule has 2 aliphatic rings. The molecule has 0 aromatic heterocycles. The van der Waals surface area contributed by atoms with Gasteiger partial charge < -0.3 is 9.84 Å². The van der Waals surface area contributed by atoms with Crippen LogP contribution in [0.4, 0.5) is 0 Å². The number of fused-ring (bicyclic) bond motifs is 1. The van der Waals surface area contributed by atoms with Crippen LogP contribution in [-0.2, 0) is 6.42 Å². The van der Waals surface area contributed by atoms with E-state index in [-0.39, 0.29) is 12.4 Å². The van der Waals surface area contributed by atoms with Crippen molar-refractivity contribution in [1.82, 2.24) is 4.90 Å². The van der Waals surface area contributed by atoms with E-state index in [1.165, 1.54) is 0 Å². The minimum Gasteiger partial charge on any atom is -0.493 e. The fraction of sp³-hybridized carbons (Fsp3) is 0.562. The van der Waals surface area contributed by atoms with Gasteiger partial charge in [0.2, 0.25) is 0 Å². The summed E-state index contributed by atoms with van der Waals surface area (Å²) in [5, 5.41) is 9.13. The van der Waals surface area contributed by atoms with Gasteiger partial charge in [0.05, 0.1) is 13.2 Å². The molecule has 1 aromatic rings. The Morgan fingerprint density at radius 3 is 2.90 bits per heavy atom. The molecule has 0 atom stereocenters. The summed E-state index contributed by atoms with van der Waals surface area (Å²) in [5.74, 6) is 1.52. The molecule has 4 heteroatoms. The predicted octanol–water partition coefficient (Wildman–Crippen LogP) is 1.51. The maximum atomic E-state index is 12.3. The molecule has 0 saturated carbocycles. The number of hydrogen-bond acceptors (Lipinski definition) is 4. The second-order valence-corrected chi connectivity index (χ2v) is 5.75. The van der Waals surface area contributed by atoms with E-state index in [0.717, 1.165) is 55.8 Å².